The van der Waals surface area contributed by atoms with Crippen molar-refractivity contribution in [3.8, 4) is 11.8 Å². The van der Waals surface area contributed by atoms with Gasteiger partial charge in [-0.3, -0.25) is 0 Å². The second-order valence-electron chi connectivity index (χ2n) is 4.84. The van der Waals surface area contributed by atoms with Crippen LogP contribution in [-0.4, -0.2) is 4.98 Å². The van der Waals surface area contributed by atoms with Crippen molar-refractivity contribution in [2.24, 2.45) is 0 Å². The highest BCUT2D eigenvalue weighted by Crippen LogP contribution is 2.26. The van der Waals surface area contributed by atoms with E-state index in [1.165, 1.54) is 16.9 Å². The van der Waals surface area contributed by atoms with Crippen LogP contribution in [0.25, 0.3) is 0 Å². The Hall–Kier alpha value is -1.86. The van der Waals surface area contributed by atoms with Crippen molar-refractivity contribution >= 4 is 11.3 Å². The molecule has 1 aromatic carbocycles. The van der Waals surface area contributed by atoms with Crippen LogP contribution in [-0.2, 0) is 13.0 Å². The summed E-state index contributed by atoms with van der Waals surface area (Å²) in [7, 11) is 0. The fraction of sp³-hybridized carbons (Fsp3) is 0.375. The molecule has 1 heterocycles. The van der Waals surface area contributed by atoms with Gasteiger partial charge in [0.2, 0.25) is 0 Å². The maximum absolute atomic E-state index is 9.13. The normalized spacial score (nSPS) is 10.6. The van der Waals surface area contributed by atoms with Crippen LogP contribution < -0.4 is 4.74 Å². The number of ether oxygens (including phenoxy) is 1. The van der Waals surface area contributed by atoms with E-state index < -0.39 is 0 Å². The molecule has 20 heavy (non-hydrogen) atoms. The van der Waals surface area contributed by atoms with E-state index in [0.717, 1.165) is 22.9 Å². The van der Waals surface area contributed by atoms with Crippen molar-refractivity contribution in [2.75, 3.05) is 0 Å². The standard InChI is InChI=1S/C16H18N2OS/c1-4-12-7-5-6-8-13(12)19-10-15-18-16(11(2)3)14(9-17)20-15/h5-8,11H,4,10H2,1-3H3. The molecule has 0 saturated heterocycles. The molecule has 0 saturated carbocycles. The van der Waals surface area contributed by atoms with E-state index in [-0.39, 0.29) is 5.92 Å². The van der Waals surface area contributed by atoms with Crippen molar-refractivity contribution < 1.29 is 4.74 Å². The van der Waals surface area contributed by atoms with Crippen molar-refractivity contribution in [3.05, 3.63) is 45.4 Å². The van der Waals surface area contributed by atoms with Crippen LogP contribution in [0.4, 0.5) is 0 Å². The summed E-state index contributed by atoms with van der Waals surface area (Å²) in [5.74, 6) is 1.16. The minimum absolute atomic E-state index is 0.262. The largest absolute Gasteiger partial charge is 0.486 e. The molecule has 2 aromatic rings. The number of para-hydroxylation sites is 1. The summed E-state index contributed by atoms with van der Waals surface area (Å²) in [5.41, 5.74) is 2.06. The Morgan fingerprint density at radius 1 is 1.35 bits per heavy atom. The van der Waals surface area contributed by atoms with Crippen molar-refractivity contribution in [2.45, 2.75) is 39.7 Å². The Morgan fingerprint density at radius 3 is 2.70 bits per heavy atom. The number of hydrogen-bond donors (Lipinski definition) is 0. The topological polar surface area (TPSA) is 45.9 Å². The zero-order valence-corrected chi connectivity index (χ0v) is 12.8. The van der Waals surface area contributed by atoms with Gasteiger partial charge in [0, 0.05) is 0 Å². The Balaban J connectivity index is 2.13. The zero-order valence-electron chi connectivity index (χ0n) is 12.0. The number of benzene rings is 1. The van der Waals surface area contributed by atoms with Gasteiger partial charge in [0.25, 0.3) is 0 Å². The van der Waals surface area contributed by atoms with Gasteiger partial charge in [0.05, 0.1) is 5.69 Å². The van der Waals surface area contributed by atoms with E-state index >= 15 is 0 Å². The van der Waals surface area contributed by atoms with Gasteiger partial charge in [0.15, 0.2) is 0 Å². The fourth-order valence-electron chi connectivity index (χ4n) is 1.99. The molecular weight excluding hydrogens is 268 g/mol. The minimum atomic E-state index is 0.262. The Labute approximate surface area is 123 Å². The third-order valence-electron chi connectivity index (χ3n) is 3.05. The van der Waals surface area contributed by atoms with E-state index in [2.05, 4.69) is 24.0 Å². The fourth-order valence-corrected chi connectivity index (χ4v) is 2.92. The molecule has 2 rings (SSSR count). The lowest BCUT2D eigenvalue weighted by atomic mass is 10.1. The van der Waals surface area contributed by atoms with Gasteiger partial charge in [-0.05, 0) is 24.0 Å². The van der Waals surface area contributed by atoms with Crippen LogP contribution in [0.1, 0.15) is 47.8 Å². The molecule has 0 amide bonds. The van der Waals surface area contributed by atoms with Crippen LogP contribution in [0.15, 0.2) is 24.3 Å². The number of nitriles is 1. The third-order valence-corrected chi connectivity index (χ3v) is 4.00. The lowest BCUT2D eigenvalue weighted by Crippen LogP contribution is -1.98. The molecule has 104 valence electrons. The van der Waals surface area contributed by atoms with Crippen LogP contribution in [0.2, 0.25) is 0 Å². The number of aromatic nitrogens is 1. The van der Waals surface area contributed by atoms with E-state index in [1.807, 2.05) is 32.0 Å². The molecule has 4 heteroatoms. The molecule has 0 N–H and O–H groups in total. The maximum atomic E-state index is 9.13. The average Bonchev–Trinajstić information content (AvgIpc) is 2.89. The quantitative estimate of drug-likeness (QED) is 0.824. The van der Waals surface area contributed by atoms with E-state index in [4.69, 9.17) is 10.00 Å². The van der Waals surface area contributed by atoms with Crippen LogP contribution in [0.5, 0.6) is 5.75 Å². The molecule has 0 aliphatic carbocycles. The average molecular weight is 286 g/mol. The van der Waals surface area contributed by atoms with Crippen molar-refractivity contribution in [3.63, 3.8) is 0 Å². The van der Waals surface area contributed by atoms with Crippen LogP contribution >= 0.6 is 11.3 Å². The van der Waals surface area contributed by atoms with Gasteiger partial charge in [-0.2, -0.15) is 5.26 Å². The summed E-state index contributed by atoms with van der Waals surface area (Å²) in [6.07, 6.45) is 0.939. The summed E-state index contributed by atoms with van der Waals surface area (Å²) in [6.45, 7) is 6.62. The minimum Gasteiger partial charge on any atom is -0.486 e. The molecule has 0 radical (unpaired) electrons. The molecule has 0 atom stereocenters. The molecule has 1 aromatic heterocycles. The first-order valence-corrected chi connectivity index (χ1v) is 7.57. The Morgan fingerprint density at radius 2 is 2.10 bits per heavy atom. The van der Waals surface area contributed by atoms with Gasteiger partial charge in [0.1, 0.15) is 28.3 Å². The lowest BCUT2D eigenvalue weighted by Gasteiger charge is -2.08. The Bertz CT molecular complexity index is 626. The van der Waals surface area contributed by atoms with Gasteiger partial charge < -0.3 is 4.74 Å². The van der Waals surface area contributed by atoms with Crippen LogP contribution in [0.3, 0.4) is 0 Å². The third kappa shape index (κ3) is 3.17. The SMILES string of the molecule is CCc1ccccc1OCc1nc(C(C)C)c(C#N)s1. The summed E-state index contributed by atoms with van der Waals surface area (Å²) in [5, 5.41) is 9.99. The molecule has 0 aliphatic heterocycles. The molecule has 0 aliphatic rings. The van der Waals surface area contributed by atoms with Crippen molar-refractivity contribution in [1.82, 2.24) is 4.98 Å². The summed E-state index contributed by atoms with van der Waals surface area (Å²) in [4.78, 5) is 5.22. The number of hydrogen-bond acceptors (Lipinski definition) is 4. The highest BCUT2D eigenvalue weighted by Gasteiger charge is 2.14. The number of nitrogens with zero attached hydrogens (tertiary/aromatic N) is 2. The number of thiazole rings is 1. The second-order valence-corrected chi connectivity index (χ2v) is 5.92. The van der Waals surface area contributed by atoms with E-state index in [9.17, 15) is 0 Å². The molecule has 3 nitrogen and oxygen atoms in total. The monoisotopic (exact) mass is 286 g/mol. The summed E-state index contributed by atoms with van der Waals surface area (Å²) in [6, 6.07) is 10.2. The Kier molecular flexibility index (Phi) is 4.75. The van der Waals surface area contributed by atoms with E-state index in [0.29, 0.717) is 11.5 Å². The number of rotatable bonds is 5. The van der Waals surface area contributed by atoms with Gasteiger partial charge in [-0.1, -0.05) is 39.0 Å². The molecule has 0 unspecified atom stereocenters. The lowest BCUT2D eigenvalue weighted by molar-refractivity contribution is 0.302. The van der Waals surface area contributed by atoms with E-state index in [1.54, 1.807) is 0 Å². The first kappa shape index (κ1) is 14.5. The highest BCUT2D eigenvalue weighted by molar-refractivity contribution is 7.12. The predicted molar refractivity (Wildman–Crippen MR) is 81.1 cm³/mol. The molecule has 0 fully saturated rings. The van der Waals surface area contributed by atoms with Gasteiger partial charge >= 0.3 is 0 Å². The predicted octanol–water partition coefficient (Wildman–Crippen LogP) is 4.28. The maximum Gasteiger partial charge on any atom is 0.140 e. The molecule has 0 bridgehead atoms. The first-order valence-electron chi connectivity index (χ1n) is 6.76. The summed E-state index contributed by atoms with van der Waals surface area (Å²) >= 11 is 1.42. The van der Waals surface area contributed by atoms with Crippen molar-refractivity contribution in [1.29, 1.82) is 5.26 Å². The smallest absolute Gasteiger partial charge is 0.140 e. The molecule has 0 spiro atoms. The molecular formula is C16H18N2OS. The van der Waals surface area contributed by atoms with Gasteiger partial charge in [-0.15, -0.1) is 11.3 Å². The highest BCUT2D eigenvalue weighted by atomic mass is 32.1. The zero-order chi connectivity index (χ0) is 14.5. The first-order chi connectivity index (χ1) is 9.65. The summed E-state index contributed by atoms with van der Waals surface area (Å²) < 4.78 is 5.85. The van der Waals surface area contributed by atoms with Crippen LogP contribution in [0, 0.1) is 11.3 Å². The van der Waals surface area contributed by atoms with Gasteiger partial charge in [-0.25, -0.2) is 4.98 Å². The second kappa shape index (κ2) is 6.53. The number of aryl methyl sites for hydroxylation is 1.